The number of aromatic nitrogens is 1. The van der Waals surface area contributed by atoms with Crippen LogP contribution in [0.25, 0.3) is 16.9 Å². The van der Waals surface area contributed by atoms with Crippen LogP contribution in [0.5, 0.6) is 0 Å². The van der Waals surface area contributed by atoms with Crippen LogP contribution < -0.4 is 0 Å². The number of hydrogen-bond acceptors (Lipinski definition) is 1. The monoisotopic (exact) mass is 251 g/mol. The maximum absolute atomic E-state index is 4.54. The lowest BCUT2D eigenvalue weighted by Crippen LogP contribution is -1.96. The van der Waals surface area contributed by atoms with Gasteiger partial charge in [0.1, 0.15) is 0 Å². The van der Waals surface area contributed by atoms with Gasteiger partial charge in [0.05, 0.1) is 10.7 Å². The van der Waals surface area contributed by atoms with Gasteiger partial charge >= 0.3 is 0 Å². The van der Waals surface area contributed by atoms with Crippen molar-refractivity contribution in [2.45, 2.75) is 5.03 Å². The van der Waals surface area contributed by atoms with Crippen LogP contribution in [0.15, 0.2) is 77.8 Å². The molecule has 0 amide bonds. The standard InChI is InChI=1S/C16H13NS/c18-16-12-11-15(13-7-3-1-4-8-13)17(16)14-9-5-2-6-10-14/h1-12,18H. The van der Waals surface area contributed by atoms with Crippen LogP contribution in [0.4, 0.5) is 0 Å². The minimum absolute atomic E-state index is 0.944. The topological polar surface area (TPSA) is 4.93 Å². The molecule has 2 aromatic carbocycles. The van der Waals surface area contributed by atoms with Gasteiger partial charge in [0.25, 0.3) is 0 Å². The Morgan fingerprint density at radius 1 is 0.667 bits per heavy atom. The van der Waals surface area contributed by atoms with E-state index in [4.69, 9.17) is 0 Å². The number of rotatable bonds is 2. The van der Waals surface area contributed by atoms with Crippen molar-refractivity contribution >= 4 is 12.6 Å². The van der Waals surface area contributed by atoms with E-state index >= 15 is 0 Å². The fraction of sp³-hybridized carbons (Fsp3) is 0. The molecule has 0 N–H and O–H groups in total. The molecule has 0 unspecified atom stereocenters. The third kappa shape index (κ3) is 1.95. The summed E-state index contributed by atoms with van der Waals surface area (Å²) in [6.45, 7) is 0. The molecule has 2 heteroatoms. The van der Waals surface area contributed by atoms with Gasteiger partial charge < -0.3 is 4.57 Å². The normalized spacial score (nSPS) is 10.5. The van der Waals surface area contributed by atoms with Gasteiger partial charge in [0, 0.05) is 5.69 Å². The van der Waals surface area contributed by atoms with Crippen molar-refractivity contribution in [3.05, 3.63) is 72.8 Å². The summed E-state index contributed by atoms with van der Waals surface area (Å²) in [5, 5.41) is 0.944. The summed E-state index contributed by atoms with van der Waals surface area (Å²) in [7, 11) is 0. The minimum Gasteiger partial charge on any atom is -0.304 e. The molecule has 3 rings (SSSR count). The lowest BCUT2D eigenvalue weighted by Gasteiger charge is -2.11. The highest BCUT2D eigenvalue weighted by molar-refractivity contribution is 7.80. The number of nitrogens with zero attached hydrogens (tertiary/aromatic N) is 1. The first-order valence-electron chi connectivity index (χ1n) is 5.88. The van der Waals surface area contributed by atoms with Crippen molar-refractivity contribution in [3.8, 4) is 16.9 Å². The molecule has 0 fully saturated rings. The molecule has 1 aromatic heterocycles. The lowest BCUT2D eigenvalue weighted by molar-refractivity contribution is 0.969. The second-order valence-electron chi connectivity index (χ2n) is 4.11. The van der Waals surface area contributed by atoms with Crippen molar-refractivity contribution in [3.63, 3.8) is 0 Å². The van der Waals surface area contributed by atoms with Gasteiger partial charge in [-0.05, 0) is 29.8 Å². The van der Waals surface area contributed by atoms with Crippen molar-refractivity contribution in [2.75, 3.05) is 0 Å². The Kier molecular flexibility index (Phi) is 2.95. The van der Waals surface area contributed by atoms with E-state index in [1.54, 1.807) is 0 Å². The van der Waals surface area contributed by atoms with Crippen LogP contribution in [0, 0.1) is 0 Å². The molecule has 88 valence electrons. The van der Waals surface area contributed by atoms with E-state index < -0.39 is 0 Å². The number of thiol groups is 1. The third-order valence-electron chi connectivity index (χ3n) is 2.94. The highest BCUT2D eigenvalue weighted by Crippen LogP contribution is 2.27. The van der Waals surface area contributed by atoms with E-state index in [1.807, 2.05) is 30.3 Å². The Bertz CT molecular complexity index is 641. The fourth-order valence-electron chi connectivity index (χ4n) is 2.11. The first-order chi connectivity index (χ1) is 8.86. The first-order valence-corrected chi connectivity index (χ1v) is 6.32. The average molecular weight is 251 g/mol. The highest BCUT2D eigenvalue weighted by atomic mass is 32.1. The molecule has 0 saturated heterocycles. The summed E-state index contributed by atoms with van der Waals surface area (Å²) in [5.74, 6) is 0. The molecule has 0 saturated carbocycles. The maximum Gasteiger partial charge on any atom is 0.0768 e. The van der Waals surface area contributed by atoms with Crippen LogP contribution in [-0.4, -0.2) is 4.57 Å². The highest BCUT2D eigenvalue weighted by Gasteiger charge is 2.08. The average Bonchev–Trinajstić information content (AvgIpc) is 2.83. The summed E-state index contributed by atoms with van der Waals surface area (Å²) in [5.41, 5.74) is 3.49. The molecule has 0 aliphatic rings. The molecule has 1 nitrogen and oxygen atoms in total. The van der Waals surface area contributed by atoms with E-state index in [0.29, 0.717) is 0 Å². The summed E-state index contributed by atoms with van der Waals surface area (Å²) in [6, 6.07) is 24.8. The Morgan fingerprint density at radius 2 is 1.28 bits per heavy atom. The van der Waals surface area contributed by atoms with E-state index in [1.165, 1.54) is 5.56 Å². The minimum atomic E-state index is 0.944. The molecule has 0 aliphatic carbocycles. The van der Waals surface area contributed by atoms with E-state index in [0.717, 1.165) is 16.4 Å². The number of hydrogen-bond donors (Lipinski definition) is 1. The predicted octanol–water partition coefficient (Wildman–Crippen LogP) is 4.43. The van der Waals surface area contributed by atoms with E-state index in [-0.39, 0.29) is 0 Å². The van der Waals surface area contributed by atoms with Crippen LogP contribution in [-0.2, 0) is 0 Å². The van der Waals surface area contributed by atoms with Gasteiger partial charge in [0.2, 0.25) is 0 Å². The van der Waals surface area contributed by atoms with Crippen molar-refractivity contribution in [2.24, 2.45) is 0 Å². The van der Waals surface area contributed by atoms with Crippen molar-refractivity contribution in [1.29, 1.82) is 0 Å². The molecule has 3 aromatic rings. The van der Waals surface area contributed by atoms with Crippen LogP contribution in [0.1, 0.15) is 0 Å². The molecule has 1 heterocycles. The van der Waals surface area contributed by atoms with Gasteiger partial charge in [-0.15, -0.1) is 12.6 Å². The Morgan fingerprint density at radius 3 is 1.94 bits per heavy atom. The van der Waals surface area contributed by atoms with Gasteiger partial charge in [-0.2, -0.15) is 0 Å². The molecular formula is C16H13NS. The Labute approximate surface area is 112 Å². The van der Waals surface area contributed by atoms with Gasteiger partial charge in [-0.1, -0.05) is 48.5 Å². The quantitative estimate of drug-likeness (QED) is 0.643. The molecular weight excluding hydrogens is 238 g/mol. The summed E-state index contributed by atoms with van der Waals surface area (Å²) in [4.78, 5) is 0. The second-order valence-corrected chi connectivity index (χ2v) is 4.57. The summed E-state index contributed by atoms with van der Waals surface area (Å²) < 4.78 is 2.15. The first kappa shape index (κ1) is 11.2. The van der Waals surface area contributed by atoms with Crippen molar-refractivity contribution in [1.82, 2.24) is 4.57 Å². The van der Waals surface area contributed by atoms with Crippen molar-refractivity contribution < 1.29 is 0 Å². The van der Waals surface area contributed by atoms with E-state index in [9.17, 15) is 0 Å². The molecule has 0 spiro atoms. The van der Waals surface area contributed by atoms with Crippen LogP contribution in [0.3, 0.4) is 0 Å². The summed E-state index contributed by atoms with van der Waals surface area (Å²) >= 11 is 4.54. The lowest BCUT2D eigenvalue weighted by atomic mass is 10.1. The van der Waals surface area contributed by atoms with Crippen LogP contribution in [0.2, 0.25) is 0 Å². The smallest absolute Gasteiger partial charge is 0.0768 e. The van der Waals surface area contributed by atoms with E-state index in [2.05, 4.69) is 59.7 Å². The second kappa shape index (κ2) is 4.75. The number of para-hydroxylation sites is 1. The fourth-order valence-corrected chi connectivity index (χ4v) is 2.41. The molecule has 0 radical (unpaired) electrons. The Hall–Kier alpha value is -1.93. The Balaban J connectivity index is 2.19. The van der Waals surface area contributed by atoms with Gasteiger partial charge in [0.15, 0.2) is 0 Å². The molecule has 0 aliphatic heterocycles. The predicted molar refractivity (Wildman–Crippen MR) is 78.5 cm³/mol. The zero-order chi connectivity index (χ0) is 12.4. The zero-order valence-electron chi connectivity index (χ0n) is 9.82. The van der Waals surface area contributed by atoms with Gasteiger partial charge in [-0.25, -0.2) is 0 Å². The third-order valence-corrected chi connectivity index (χ3v) is 3.29. The number of benzene rings is 2. The maximum atomic E-state index is 4.54. The van der Waals surface area contributed by atoms with Gasteiger partial charge in [-0.3, -0.25) is 0 Å². The largest absolute Gasteiger partial charge is 0.304 e. The molecule has 0 atom stereocenters. The molecule has 18 heavy (non-hydrogen) atoms. The zero-order valence-corrected chi connectivity index (χ0v) is 10.7. The SMILES string of the molecule is Sc1ccc(-c2ccccc2)n1-c1ccccc1. The molecule has 0 bridgehead atoms. The summed E-state index contributed by atoms with van der Waals surface area (Å²) in [6.07, 6.45) is 0. The van der Waals surface area contributed by atoms with Crippen LogP contribution >= 0.6 is 12.6 Å².